The van der Waals surface area contributed by atoms with E-state index in [2.05, 4.69) is 5.32 Å². The smallest absolute Gasteiger partial charge is 0.264 e. The van der Waals surface area contributed by atoms with Gasteiger partial charge in [0.25, 0.3) is 10.0 Å². The first-order chi connectivity index (χ1) is 21.9. The van der Waals surface area contributed by atoms with E-state index >= 15 is 0 Å². The maximum absolute atomic E-state index is 14.6. The summed E-state index contributed by atoms with van der Waals surface area (Å²) in [6.07, 6.45) is 0.925. The number of amides is 2. The van der Waals surface area contributed by atoms with Crippen molar-refractivity contribution >= 4 is 50.7 Å². The zero-order valence-corrected chi connectivity index (χ0v) is 28.7. The van der Waals surface area contributed by atoms with Crippen LogP contribution in [0.3, 0.4) is 0 Å². The van der Waals surface area contributed by atoms with Crippen molar-refractivity contribution in [2.24, 2.45) is 0 Å². The molecule has 4 rings (SSSR count). The van der Waals surface area contributed by atoms with Crippen molar-refractivity contribution in [2.75, 3.05) is 10.8 Å². The molecular weight excluding hydrogens is 641 g/mol. The molecule has 0 radical (unpaired) electrons. The topological polar surface area (TPSA) is 86.8 Å². The fourth-order valence-corrected chi connectivity index (χ4v) is 6.88. The molecule has 0 saturated carbocycles. The monoisotopic (exact) mass is 679 g/mol. The highest BCUT2D eigenvalue weighted by Gasteiger charge is 2.36. The van der Waals surface area contributed by atoms with Crippen LogP contribution in [0.5, 0.6) is 0 Å². The van der Waals surface area contributed by atoms with Gasteiger partial charge in [-0.2, -0.15) is 0 Å². The molecule has 0 heterocycles. The summed E-state index contributed by atoms with van der Waals surface area (Å²) in [6.45, 7) is 7.12. The number of aryl methyl sites for hydroxylation is 2. The summed E-state index contributed by atoms with van der Waals surface area (Å²) < 4.78 is 29.4. The summed E-state index contributed by atoms with van der Waals surface area (Å²) in [6, 6.07) is 27.0. The van der Waals surface area contributed by atoms with Gasteiger partial charge in [0.2, 0.25) is 11.8 Å². The van der Waals surface area contributed by atoms with Crippen LogP contribution in [-0.2, 0) is 32.6 Å². The van der Waals surface area contributed by atoms with Crippen LogP contribution in [0.1, 0.15) is 42.5 Å². The van der Waals surface area contributed by atoms with Crippen molar-refractivity contribution < 1.29 is 18.0 Å². The lowest BCUT2D eigenvalue weighted by Gasteiger charge is -2.34. The van der Waals surface area contributed by atoms with Crippen LogP contribution in [0, 0.1) is 13.8 Å². The van der Waals surface area contributed by atoms with E-state index in [9.17, 15) is 18.0 Å². The molecule has 0 spiro atoms. The van der Waals surface area contributed by atoms with Gasteiger partial charge < -0.3 is 10.2 Å². The lowest BCUT2D eigenvalue weighted by atomic mass is 10.0. The van der Waals surface area contributed by atoms with Gasteiger partial charge in [0.15, 0.2) is 0 Å². The Morgan fingerprint density at radius 2 is 1.50 bits per heavy atom. The summed E-state index contributed by atoms with van der Waals surface area (Å²) in [4.78, 5) is 30.1. The lowest BCUT2D eigenvalue weighted by molar-refractivity contribution is -0.140. The number of sulfonamides is 1. The number of nitrogens with zero attached hydrogens (tertiary/aromatic N) is 2. The number of carbonyl (C=O) groups is 2. The van der Waals surface area contributed by atoms with Crippen LogP contribution in [0.15, 0.2) is 102 Å². The number of anilines is 1. The van der Waals surface area contributed by atoms with E-state index in [-0.39, 0.29) is 45.5 Å². The first kappa shape index (κ1) is 35.0. The van der Waals surface area contributed by atoms with Crippen molar-refractivity contribution in [1.29, 1.82) is 0 Å². The maximum Gasteiger partial charge on any atom is 0.264 e. The number of rotatable bonds is 13. The molecule has 7 nitrogen and oxygen atoms in total. The Hall–Kier alpha value is -3.85. The fraction of sp³-hybridized carbons (Fsp3) is 0.278. The quantitative estimate of drug-likeness (QED) is 0.160. The Bertz CT molecular complexity index is 1770. The third kappa shape index (κ3) is 8.49. The molecule has 0 aliphatic heterocycles. The Kier molecular flexibility index (Phi) is 11.9. The predicted molar refractivity (Wildman–Crippen MR) is 186 cm³/mol. The summed E-state index contributed by atoms with van der Waals surface area (Å²) in [5, 5.41) is 3.18. The summed E-state index contributed by atoms with van der Waals surface area (Å²) in [5.41, 5.74) is 3.56. The SMILES string of the molecule is CC[C@@H](C)NC(=O)[C@@H](Cc1ccccc1)N(Cc1ccccc1C)C(=O)CN(c1cccc(Cl)c1Cl)S(=O)(=O)c1ccc(C)cc1. The highest BCUT2D eigenvalue weighted by molar-refractivity contribution is 7.92. The molecule has 4 aromatic rings. The number of hydrogen-bond acceptors (Lipinski definition) is 4. The Morgan fingerprint density at radius 3 is 2.15 bits per heavy atom. The molecule has 0 aliphatic carbocycles. The number of halogens is 2. The van der Waals surface area contributed by atoms with E-state index in [4.69, 9.17) is 23.2 Å². The van der Waals surface area contributed by atoms with Gasteiger partial charge in [-0.1, -0.05) is 108 Å². The molecule has 0 aromatic heterocycles. The molecule has 242 valence electrons. The molecule has 10 heteroatoms. The van der Waals surface area contributed by atoms with Crippen molar-refractivity contribution in [2.45, 2.75) is 64.1 Å². The largest absolute Gasteiger partial charge is 0.352 e. The fourth-order valence-electron chi connectivity index (χ4n) is 5.00. The van der Waals surface area contributed by atoms with Gasteiger partial charge in [-0.05, 0) is 68.1 Å². The standard InChI is InChI=1S/C36H39Cl2N3O4S/c1-5-27(4)39-36(43)33(22-28-13-7-6-8-14-28)40(23-29-15-10-9-12-26(29)3)34(42)24-41(32-17-11-16-31(37)35(32)38)46(44,45)30-20-18-25(2)19-21-30/h6-21,27,33H,5,22-24H2,1-4H3,(H,39,43)/t27-,33-/m1/s1. The number of benzene rings is 4. The summed E-state index contributed by atoms with van der Waals surface area (Å²) in [7, 11) is -4.31. The minimum Gasteiger partial charge on any atom is -0.352 e. The molecule has 2 atom stereocenters. The zero-order chi connectivity index (χ0) is 33.4. The van der Waals surface area contributed by atoms with Gasteiger partial charge in [-0.15, -0.1) is 0 Å². The molecule has 4 aromatic carbocycles. The predicted octanol–water partition coefficient (Wildman–Crippen LogP) is 7.36. The summed E-state index contributed by atoms with van der Waals surface area (Å²) in [5.74, 6) is -0.899. The van der Waals surface area contributed by atoms with E-state index in [1.807, 2.05) is 82.3 Å². The van der Waals surface area contributed by atoms with Gasteiger partial charge in [-0.25, -0.2) is 8.42 Å². The third-order valence-corrected chi connectivity index (χ3v) is 10.5. The minimum atomic E-state index is -4.31. The summed E-state index contributed by atoms with van der Waals surface area (Å²) >= 11 is 12.9. The van der Waals surface area contributed by atoms with Crippen LogP contribution in [0.25, 0.3) is 0 Å². The van der Waals surface area contributed by atoms with Gasteiger partial charge >= 0.3 is 0 Å². The normalized spacial score (nSPS) is 12.7. The molecule has 0 aliphatic rings. The van der Waals surface area contributed by atoms with E-state index in [0.29, 0.717) is 6.42 Å². The molecular formula is C36H39Cl2N3O4S. The molecule has 0 saturated heterocycles. The van der Waals surface area contributed by atoms with Crippen molar-refractivity contribution in [3.8, 4) is 0 Å². The van der Waals surface area contributed by atoms with Crippen LogP contribution in [-0.4, -0.2) is 43.8 Å². The van der Waals surface area contributed by atoms with Gasteiger partial charge in [-0.3, -0.25) is 13.9 Å². The van der Waals surface area contributed by atoms with Crippen molar-refractivity contribution in [3.63, 3.8) is 0 Å². The Balaban J connectivity index is 1.85. The van der Waals surface area contributed by atoms with E-state index in [0.717, 1.165) is 26.6 Å². The van der Waals surface area contributed by atoms with Crippen LogP contribution in [0.2, 0.25) is 10.0 Å². The first-order valence-electron chi connectivity index (χ1n) is 15.1. The van der Waals surface area contributed by atoms with E-state index in [1.165, 1.54) is 23.1 Å². The number of carbonyl (C=O) groups excluding carboxylic acids is 2. The minimum absolute atomic E-state index is 0.00606. The average molecular weight is 681 g/mol. The second-order valence-electron chi connectivity index (χ2n) is 11.4. The molecule has 2 amide bonds. The van der Waals surface area contributed by atoms with Crippen LogP contribution >= 0.6 is 23.2 Å². The van der Waals surface area contributed by atoms with E-state index in [1.54, 1.807) is 24.3 Å². The molecule has 46 heavy (non-hydrogen) atoms. The molecule has 1 N–H and O–H groups in total. The first-order valence-corrected chi connectivity index (χ1v) is 17.3. The maximum atomic E-state index is 14.6. The average Bonchev–Trinajstić information content (AvgIpc) is 3.04. The number of nitrogens with one attached hydrogen (secondary N) is 1. The zero-order valence-electron chi connectivity index (χ0n) is 26.4. The highest BCUT2D eigenvalue weighted by Crippen LogP contribution is 2.35. The van der Waals surface area contributed by atoms with Gasteiger partial charge in [0.1, 0.15) is 12.6 Å². The van der Waals surface area contributed by atoms with Crippen LogP contribution < -0.4 is 9.62 Å². The van der Waals surface area contributed by atoms with Gasteiger partial charge in [0, 0.05) is 19.0 Å². The number of hydrogen-bond donors (Lipinski definition) is 1. The van der Waals surface area contributed by atoms with Gasteiger partial charge in [0.05, 0.1) is 20.6 Å². The molecule has 0 unspecified atom stereocenters. The second-order valence-corrected chi connectivity index (χ2v) is 14.0. The molecule has 0 bridgehead atoms. The Labute approximate surface area is 282 Å². The van der Waals surface area contributed by atoms with E-state index < -0.39 is 28.5 Å². The van der Waals surface area contributed by atoms with Crippen LogP contribution in [0.4, 0.5) is 5.69 Å². The Morgan fingerprint density at radius 1 is 0.848 bits per heavy atom. The molecule has 0 fully saturated rings. The third-order valence-electron chi connectivity index (χ3n) is 7.96. The second kappa shape index (κ2) is 15.6. The van der Waals surface area contributed by atoms with Crippen molar-refractivity contribution in [3.05, 3.63) is 129 Å². The highest BCUT2D eigenvalue weighted by atomic mass is 35.5. The lowest BCUT2D eigenvalue weighted by Crippen LogP contribution is -2.54. The van der Waals surface area contributed by atoms with Crippen molar-refractivity contribution in [1.82, 2.24) is 10.2 Å².